The largest absolute Gasteiger partial charge is 0.204 e. The van der Waals surface area contributed by atoms with Gasteiger partial charge >= 0.3 is 0 Å². The Labute approximate surface area is 119 Å². The first kappa shape index (κ1) is 14.7. The molecular formula is C18H20F2. The molecule has 0 saturated carbocycles. The van der Waals surface area contributed by atoms with Gasteiger partial charge in [-0.15, -0.1) is 0 Å². The minimum atomic E-state index is -0.797. The number of rotatable bonds is 4. The monoisotopic (exact) mass is 274 g/mol. The van der Waals surface area contributed by atoms with Crippen LogP contribution in [0.4, 0.5) is 8.78 Å². The Hall–Kier alpha value is -1.70. The maximum atomic E-state index is 14.0. The van der Waals surface area contributed by atoms with Crippen LogP contribution < -0.4 is 0 Å². The van der Waals surface area contributed by atoms with Crippen molar-refractivity contribution in [2.24, 2.45) is 0 Å². The van der Waals surface area contributed by atoms with E-state index >= 15 is 0 Å². The van der Waals surface area contributed by atoms with Crippen LogP contribution in [0.1, 0.15) is 43.7 Å². The van der Waals surface area contributed by atoms with E-state index < -0.39 is 11.6 Å². The highest BCUT2D eigenvalue weighted by Crippen LogP contribution is 2.30. The molecule has 0 aliphatic heterocycles. The van der Waals surface area contributed by atoms with Crippen LogP contribution in [0.15, 0.2) is 36.4 Å². The molecule has 106 valence electrons. The standard InChI is InChI=1S/C18H20F2/c1-4-13(5-2)14-7-9-15(10-8-14)17-12(3)6-11-16(19)18(17)20/h6-11,13H,4-5H2,1-3H3. The summed E-state index contributed by atoms with van der Waals surface area (Å²) in [6.45, 7) is 6.13. The van der Waals surface area contributed by atoms with E-state index in [0.717, 1.165) is 24.0 Å². The number of hydrogen-bond donors (Lipinski definition) is 0. The minimum absolute atomic E-state index is 0.362. The molecule has 2 aromatic rings. The second-order valence-corrected chi connectivity index (χ2v) is 5.19. The highest BCUT2D eigenvalue weighted by molar-refractivity contribution is 5.68. The van der Waals surface area contributed by atoms with Gasteiger partial charge in [-0.05, 0) is 48.4 Å². The quantitative estimate of drug-likeness (QED) is 0.656. The molecule has 0 aliphatic rings. The molecule has 0 amide bonds. The van der Waals surface area contributed by atoms with E-state index in [-0.39, 0.29) is 0 Å². The molecule has 2 heteroatoms. The normalized spacial score (nSPS) is 11.1. The molecule has 0 bridgehead atoms. The van der Waals surface area contributed by atoms with Crippen LogP contribution in [0, 0.1) is 18.6 Å². The molecule has 20 heavy (non-hydrogen) atoms. The number of hydrogen-bond acceptors (Lipinski definition) is 0. The van der Waals surface area contributed by atoms with Crippen molar-refractivity contribution >= 4 is 0 Å². The lowest BCUT2D eigenvalue weighted by Crippen LogP contribution is -1.96. The molecule has 0 saturated heterocycles. The Morgan fingerprint density at radius 1 is 0.900 bits per heavy atom. The van der Waals surface area contributed by atoms with Crippen molar-refractivity contribution in [3.8, 4) is 11.1 Å². The van der Waals surface area contributed by atoms with Crippen LogP contribution in [0.5, 0.6) is 0 Å². The molecule has 2 aromatic carbocycles. The predicted octanol–water partition coefficient (Wildman–Crippen LogP) is 5.84. The topological polar surface area (TPSA) is 0 Å². The van der Waals surface area contributed by atoms with Crippen LogP contribution in [-0.2, 0) is 0 Å². The van der Waals surface area contributed by atoms with Gasteiger partial charge in [0.1, 0.15) is 0 Å². The lowest BCUT2D eigenvalue weighted by Gasteiger charge is -2.14. The second kappa shape index (κ2) is 6.17. The molecule has 0 heterocycles. The number of halogens is 2. The Morgan fingerprint density at radius 3 is 2.05 bits per heavy atom. The predicted molar refractivity (Wildman–Crippen MR) is 79.9 cm³/mol. The first-order chi connectivity index (χ1) is 9.58. The van der Waals surface area contributed by atoms with Crippen LogP contribution in [-0.4, -0.2) is 0 Å². The number of aryl methyl sites for hydroxylation is 1. The average Bonchev–Trinajstić information content (AvgIpc) is 2.46. The molecule has 0 atom stereocenters. The summed E-state index contributed by atoms with van der Waals surface area (Å²) in [6.07, 6.45) is 2.17. The Balaban J connectivity index is 2.43. The van der Waals surface area contributed by atoms with Gasteiger partial charge in [-0.3, -0.25) is 0 Å². The van der Waals surface area contributed by atoms with Gasteiger partial charge in [-0.2, -0.15) is 0 Å². The molecule has 0 N–H and O–H groups in total. The fourth-order valence-electron chi connectivity index (χ4n) is 2.68. The zero-order valence-electron chi connectivity index (χ0n) is 12.2. The van der Waals surface area contributed by atoms with Gasteiger partial charge < -0.3 is 0 Å². The fourth-order valence-corrected chi connectivity index (χ4v) is 2.68. The van der Waals surface area contributed by atoms with Crippen molar-refractivity contribution in [2.75, 3.05) is 0 Å². The van der Waals surface area contributed by atoms with Crippen LogP contribution in [0.25, 0.3) is 11.1 Å². The summed E-state index contributed by atoms with van der Waals surface area (Å²) in [6, 6.07) is 10.6. The first-order valence-electron chi connectivity index (χ1n) is 7.13. The summed E-state index contributed by atoms with van der Waals surface area (Å²) in [4.78, 5) is 0. The highest BCUT2D eigenvalue weighted by atomic mass is 19.2. The zero-order chi connectivity index (χ0) is 14.7. The smallest absolute Gasteiger partial charge is 0.166 e. The van der Waals surface area contributed by atoms with E-state index in [0.29, 0.717) is 11.5 Å². The Bertz CT molecular complexity index is 581. The van der Waals surface area contributed by atoms with Crippen molar-refractivity contribution in [1.29, 1.82) is 0 Å². The average molecular weight is 274 g/mol. The molecule has 2 rings (SSSR count). The molecule has 0 aliphatic carbocycles. The van der Waals surface area contributed by atoms with Crippen LogP contribution in [0.3, 0.4) is 0 Å². The Morgan fingerprint density at radius 2 is 1.50 bits per heavy atom. The van der Waals surface area contributed by atoms with Crippen molar-refractivity contribution in [3.63, 3.8) is 0 Å². The lowest BCUT2D eigenvalue weighted by molar-refractivity contribution is 0.510. The molecule has 0 nitrogen and oxygen atoms in total. The lowest BCUT2D eigenvalue weighted by atomic mass is 9.91. The van der Waals surface area contributed by atoms with Crippen molar-refractivity contribution in [2.45, 2.75) is 39.5 Å². The molecule has 0 radical (unpaired) electrons. The van der Waals surface area contributed by atoms with Gasteiger partial charge in [0.15, 0.2) is 11.6 Å². The SMILES string of the molecule is CCC(CC)c1ccc(-c2c(C)ccc(F)c2F)cc1. The van der Waals surface area contributed by atoms with Gasteiger partial charge in [0.05, 0.1) is 0 Å². The van der Waals surface area contributed by atoms with Crippen molar-refractivity contribution in [3.05, 3.63) is 59.2 Å². The molecule has 0 aromatic heterocycles. The van der Waals surface area contributed by atoms with E-state index in [2.05, 4.69) is 13.8 Å². The van der Waals surface area contributed by atoms with Crippen LogP contribution in [0.2, 0.25) is 0 Å². The van der Waals surface area contributed by atoms with Crippen LogP contribution >= 0.6 is 0 Å². The molecular weight excluding hydrogens is 254 g/mol. The first-order valence-corrected chi connectivity index (χ1v) is 7.13. The summed E-state index contributed by atoms with van der Waals surface area (Å²) in [5.74, 6) is -1.03. The fraction of sp³-hybridized carbons (Fsp3) is 0.333. The maximum absolute atomic E-state index is 14.0. The summed E-state index contributed by atoms with van der Waals surface area (Å²) >= 11 is 0. The third kappa shape index (κ3) is 2.74. The second-order valence-electron chi connectivity index (χ2n) is 5.19. The van der Waals surface area contributed by atoms with E-state index in [1.165, 1.54) is 11.6 Å². The summed E-state index contributed by atoms with van der Waals surface area (Å²) in [5, 5.41) is 0. The van der Waals surface area contributed by atoms with Gasteiger partial charge in [-0.25, -0.2) is 8.78 Å². The van der Waals surface area contributed by atoms with Gasteiger partial charge in [0.2, 0.25) is 0 Å². The van der Waals surface area contributed by atoms with E-state index in [1.54, 1.807) is 13.0 Å². The van der Waals surface area contributed by atoms with E-state index in [9.17, 15) is 8.78 Å². The number of benzene rings is 2. The third-order valence-electron chi connectivity index (χ3n) is 3.96. The van der Waals surface area contributed by atoms with E-state index in [1.807, 2.05) is 24.3 Å². The van der Waals surface area contributed by atoms with Crippen molar-refractivity contribution < 1.29 is 8.78 Å². The third-order valence-corrected chi connectivity index (χ3v) is 3.96. The molecule has 0 unspecified atom stereocenters. The van der Waals surface area contributed by atoms with Gasteiger partial charge in [0, 0.05) is 5.56 Å². The van der Waals surface area contributed by atoms with Gasteiger partial charge in [0.25, 0.3) is 0 Å². The Kier molecular flexibility index (Phi) is 4.53. The highest BCUT2D eigenvalue weighted by Gasteiger charge is 2.14. The molecule has 0 spiro atoms. The molecule has 0 fully saturated rings. The van der Waals surface area contributed by atoms with Gasteiger partial charge in [-0.1, -0.05) is 44.2 Å². The van der Waals surface area contributed by atoms with Crippen molar-refractivity contribution in [1.82, 2.24) is 0 Å². The summed E-state index contributed by atoms with van der Waals surface area (Å²) < 4.78 is 27.4. The summed E-state index contributed by atoms with van der Waals surface area (Å²) in [5.41, 5.74) is 3.10. The minimum Gasteiger partial charge on any atom is -0.204 e. The summed E-state index contributed by atoms with van der Waals surface area (Å²) in [7, 11) is 0. The van der Waals surface area contributed by atoms with E-state index in [4.69, 9.17) is 0 Å². The zero-order valence-corrected chi connectivity index (χ0v) is 12.2. The maximum Gasteiger partial charge on any atom is 0.166 e.